The van der Waals surface area contributed by atoms with E-state index in [1.807, 2.05) is 31.2 Å². The topological polar surface area (TPSA) is 44.8 Å². The first-order valence-electron chi connectivity index (χ1n) is 10.3. The molecule has 0 bridgehead atoms. The molecular weight excluding hydrogens is 350 g/mol. The molecular formula is C23H31N3O2. The second-order valence-electron chi connectivity index (χ2n) is 7.06. The average molecular weight is 382 g/mol. The Labute approximate surface area is 168 Å². The Bertz CT molecular complexity index is 728. The Morgan fingerprint density at radius 2 is 1.68 bits per heavy atom. The normalized spacial score (nSPS) is 14.7. The minimum atomic E-state index is -0.0551. The van der Waals surface area contributed by atoms with Crippen LogP contribution in [0.5, 0.6) is 5.75 Å². The number of anilines is 1. The van der Waals surface area contributed by atoms with Gasteiger partial charge in [0.2, 0.25) is 0 Å². The highest BCUT2D eigenvalue weighted by atomic mass is 16.5. The van der Waals surface area contributed by atoms with E-state index in [2.05, 4.69) is 45.4 Å². The summed E-state index contributed by atoms with van der Waals surface area (Å²) in [6.45, 7) is 8.63. The van der Waals surface area contributed by atoms with Crippen molar-refractivity contribution < 1.29 is 9.53 Å². The van der Waals surface area contributed by atoms with Crippen molar-refractivity contribution in [2.45, 2.75) is 19.8 Å². The second-order valence-corrected chi connectivity index (χ2v) is 7.06. The van der Waals surface area contributed by atoms with Crippen LogP contribution in [-0.4, -0.2) is 56.7 Å². The van der Waals surface area contributed by atoms with Gasteiger partial charge < -0.3 is 15.0 Å². The first kappa shape index (κ1) is 20.2. The van der Waals surface area contributed by atoms with Crippen molar-refractivity contribution in [1.29, 1.82) is 0 Å². The number of nitrogens with zero attached hydrogens (tertiary/aromatic N) is 2. The molecule has 28 heavy (non-hydrogen) atoms. The van der Waals surface area contributed by atoms with Gasteiger partial charge in [0.05, 0.1) is 12.2 Å². The zero-order valence-electron chi connectivity index (χ0n) is 16.8. The summed E-state index contributed by atoms with van der Waals surface area (Å²) < 4.78 is 5.53. The molecule has 0 aromatic heterocycles. The SMILES string of the molecule is CCOc1ccccc1C(=O)NCCCCN1CCN(c2ccccc2)CC1. The molecule has 1 amide bonds. The number of benzene rings is 2. The summed E-state index contributed by atoms with van der Waals surface area (Å²) in [6.07, 6.45) is 2.08. The summed E-state index contributed by atoms with van der Waals surface area (Å²) in [5.74, 6) is 0.597. The van der Waals surface area contributed by atoms with Crippen LogP contribution in [0.4, 0.5) is 5.69 Å². The van der Waals surface area contributed by atoms with E-state index in [1.165, 1.54) is 5.69 Å². The van der Waals surface area contributed by atoms with Gasteiger partial charge >= 0.3 is 0 Å². The summed E-state index contributed by atoms with van der Waals surface area (Å²) in [7, 11) is 0. The zero-order valence-corrected chi connectivity index (χ0v) is 16.8. The van der Waals surface area contributed by atoms with Gasteiger partial charge in [-0.25, -0.2) is 0 Å². The maximum Gasteiger partial charge on any atom is 0.255 e. The third-order valence-electron chi connectivity index (χ3n) is 5.11. The van der Waals surface area contributed by atoms with E-state index in [1.54, 1.807) is 0 Å². The molecule has 1 fully saturated rings. The van der Waals surface area contributed by atoms with E-state index in [9.17, 15) is 4.79 Å². The van der Waals surface area contributed by atoms with Crippen molar-refractivity contribution >= 4 is 11.6 Å². The average Bonchev–Trinajstić information content (AvgIpc) is 2.75. The third-order valence-corrected chi connectivity index (χ3v) is 5.11. The minimum Gasteiger partial charge on any atom is -0.493 e. The number of carbonyl (C=O) groups excluding carboxylic acids is 1. The maximum atomic E-state index is 12.4. The van der Waals surface area contributed by atoms with Gasteiger partial charge in [-0.1, -0.05) is 30.3 Å². The van der Waals surface area contributed by atoms with Crippen LogP contribution in [-0.2, 0) is 0 Å². The lowest BCUT2D eigenvalue weighted by atomic mass is 10.2. The molecule has 1 aliphatic rings. The Morgan fingerprint density at radius 3 is 2.43 bits per heavy atom. The highest BCUT2D eigenvalue weighted by Gasteiger charge is 2.16. The van der Waals surface area contributed by atoms with Crippen molar-refractivity contribution in [3.63, 3.8) is 0 Å². The number of piperazine rings is 1. The predicted octanol–water partition coefficient (Wildman–Crippen LogP) is 3.42. The number of rotatable bonds is 9. The van der Waals surface area contributed by atoms with Gasteiger partial charge in [0.1, 0.15) is 5.75 Å². The van der Waals surface area contributed by atoms with E-state index >= 15 is 0 Å². The number of hydrogen-bond donors (Lipinski definition) is 1. The summed E-state index contributed by atoms with van der Waals surface area (Å²) >= 11 is 0. The summed E-state index contributed by atoms with van der Waals surface area (Å²) in [5, 5.41) is 3.02. The fraction of sp³-hybridized carbons (Fsp3) is 0.435. The van der Waals surface area contributed by atoms with Gasteiger partial charge in [0.25, 0.3) is 5.91 Å². The van der Waals surface area contributed by atoms with Crippen LogP contribution >= 0.6 is 0 Å². The first-order chi connectivity index (χ1) is 13.8. The Kier molecular flexibility index (Phi) is 7.73. The summed E-state index contributed by atoms with van der Waals surface area (Å²) in [5.41, 5.74) is 1.93. The largest absolute Gasteiger partial charge is 0.493 e. The van der Waals surface area contributed by atoms with Crippen LogP contribution in [0.25, 0.3) is 0 Å². The van der Waals surface area contributed by atoms with Gasteiger partial charge in [0, 0.05) is 38.4 Å². The molecule has 0 radical (unpaired) electrons. The molecule has 0 aliphatic carbocycles. The quantitative estimate of drug-likeness (QED) is 0.676. The molecule has 2 aromatic rings. The van der Waals surface area contributed by atoms with E-state index in [-0.39, 0.29) is 5.91 Å². The van der Waals surface area contributed by atoms with Crippen LogP contribution in [0.3, 0.4) is 0 Å². The Balaban J connectivity index is 1.32. The van der Waals surface area contributed by atoms with Crippen molar-refractivity contribution in [3.8, 4) is 5.75 Å². The molecule has 0 atom stereocenters. The van der Waals surface area contributed by atoms with Crippen molar-refractivity contribution in [1.82, 2.24) is 10.2 Å². The molecule has 2 aromatic carbocycles. The van der Waals surface area contributed by atoms with Crippen molar-refractivity contribution in [2.24, 2.45) is 0 Å². The number of hydrogen-bond acceptors (Lipinski definition) is 4. The highest BCUT2D eigenvalue weighted by molar-refractivity contribution is 5.96. The molecule has 1 heterocycles. The molecule has 0 unspecified atom stereocenters. The van der Waals surface area contributed by atoms with E-state index < -0.39 is 0 Å². The fourth-order valence-corrected chi connectivity index (χ4v) is 3.56. The standard InChI is InChI=1S/C23H31N3O2/c1-2-28-22-13-7-6-12-21(22)23(27)24-14-8-9-15-25-16-18-26(19-17-25)20-10-4-3-5-11-20/h3-7,10-13H,2,8-9,14-19H2,1H3,(H,24,27). The van der Waals surface area contributed by atoms with Crippen molar-refractivity contribution in [2.75, 3.05) is 50.8 Å². The number of amides is 1. The summed E-state index contributed by atoms with van der Waals surface area (Å²) in [6, 6.07) is 18.0. The first-order valence-corrected chi connectivity index (χ1v) is 10.3. The Hall–Kier alpha value is -2.53. The lowest BCUT2D eigenvalue weighted by Gasteiger charge is -2.36. The van der Waals surface area contributed by atoms with E-state index in [4.69, 9.17) is 4.74 Å². The molecule has 1 aliphatic heterocycles. The molecule has 0 spiro atoms. The zero-order chi connectivity index (χ0) is 19.6. The molecule has 150 valence electrons. The number of ether oxygens (including phenoxy) is 1. The van der Waals surface area contributed by atoms with Crippen LogP contribution in [0.2, 0.25) is 0 Å². The predicted molar refractivity (Wildman–Crippen MR) is 114 cm³/mol. The van der Waals surface area contributed by atoms with Gasteiger partial charge in [-0.15, -0.1) is 0 Å². The third kappa shape index (κ3) is 5.73. The number of carbonyl (C=O) groups is 1. The van der Waals surface area contributed by atoms with Crippen LogP contribution in [0, 0.1) is 0 Å². The van der Waals surface area contributed by atoms with Crippen LogP contribution < -0.4 is 15.0 Å². The highest BCUT2D eigenvalue weighted by Crippen LogP contribution is 2.18. The van der Waals surface area contributed by atoms with Crippen molar-refractivity contribution in [3.05, 3.63) is 60.2 Å². The molecule has 1 N–H and O–H groups in total. The maximum absolute atomic E-state index is 12.4. The van der Waals surface area contributed by atoms with Crippen LogP contribution in [0.15, 0.2) is 54.6 Å². The molecule has 5 heteroatoms. The number of para-hydroxylation sites is 2. The number of unbranched alkanes of at least 4 members (excludes halogenated alkanes) is 1. The Morgan fingerprint density at radius 1 is 0.964 bits per heavy atom. The van der Waals surface area contributed by atoms with Gasteiger partial charge in [0.15, 0.2) is 0 Å². The molecule has 5 nitrogen and oxygen atoms in total. The van der Waals surface area contributed by atoms with Gasteiger partial charge in [-0.2, -0.15) is 0 Å². The monoisotopic (exact) mass is 381 g/mol. The molecule has 1 saturated heterocycles. The molecule has 0 saturated carbocycles. The van der Waals surface area contributed by atoms with Gasteiger partial charge in [-0.05, 0) is 50.6 Å². The van der Waals surface area contributed by atoms with Gasteiger partial charge in [-0.3, -0.25) is 9.69 Å². The second kappa shape index (κ2) is 10.7. The summed E-state index contributed by atoms with van der Waals surface area (Å²) in [4.78, 5) is 17.3. The fourth-order valence-electron chi connectivity index (χ4n) is 3.56. The number of nitrogens with one attached hydrogen (secondary N) is 1. The lowest BCUT2D eigenvalue weighted by Crippen LogP contribution is -2.46. The smallest absolute Gasteiger partial charge is 0.255 e. The molecule has 3 rings (SSSR count). The lowest BCUT2D eigenvalue weighted by molar-refractivity contribution is 0.0948. The minimum absolute atomic E-state index is 0.0551. The van der Waals surface area contributed by atoms with Crippen LogP contribution in [0.1, 0.15) is 30.1 Å². The van der Waals surface area contributed by atoms with E-state index in [0.717, 1.165) is 45.6 Å². The van der Waals surface area contributed by atoms with E-state index in [0.29, 0.717) is 24.5 Å².